The number of alkyl halides is 3. The Balaban J connectivity index is 2.02. The van der Waals surface area contributed by atoms with E-state index in [2.05, 4.69) is 10.3 Å². The molecule has 0 aliphatic carbocycles. The van der Waals surface area contributed by atoms with Gasteiger partial charge >= 0.3 is 6.18 Å². The summed E-state index contributed by atoms with van der Waals surface area (Å²) >= 11 is 0. The smallest absolute Gasteiger partial charge is 0.339 e. The number of halogens is 4. The molecule has 13 heteroatoms. The topological polar surface area (TPSA) is 117 Å². The van der Waals surface area contributed by atoms with Crippen LogP contribution in [0, 0.1) is 24.2 Å². The van der Waals surface area contributed by atoms with Crippen molar-refractivity contribution in [2.75, 3.05) is 5.32 Å². The first kappa shape index (κ1) is 22.7. The van der Waals surface area contributed by atoms with E-state index in [0.29, 0.717) is 13.3 Å². The molecule has 2 N–H and O–H groups in total. The number of carbonyl (C=O) groups is 1. The van der Waals surface area contributed by atoms with Gasteiger partial charge in [-0.2, -0.15) is 27.5 Å². The maximum absolute atomic E-state index is 13.5. The van der Waals surface area contributed by atoms with Gasteiger partial charge in [-0.25, -0.2) is 13.4 Å². The van der Waals surface area contributed by atoms with E-state index in [1.165, 1.54) is 11.5 Å². The zero-order chi connectivity index (χ0) is 23.1. The number of fused-ring (bicyclic) bond motifs is 1. The van der Waals surface area contributed by atoms with Crippen molar-refractivity contribution in [2.45, 2.75) is 50.3 Å². The zero-order valence-electron chi connectivity index (χ0n) is 16.3. The summed E-state index contributed by atoms with van der Waals surface area (Å²) in [5.74, 6) is -1.79. The molecule has 1 atom stereocenters. The fraction of sp³-hybridized carbons (Fsp3) is 0.389. The lowest BCUT2D eigenvalue weighted by atomic mass is 10.2. The molecule has 0 saturated heterocycles. The lowest BCUT2D eigenvalue weighted by Crippen LogP contribution is -2.43. The van der Waals surface area contributed by atoms with E-state index >= 15 is 0 Å². The van der Waals surface area contributed by atoms with Crippen LogP contribution in [-0.4, -0.2) is 36.1 Å². The Kier molecular flexibility index (Phi) is 5.81. The van der Waals surface area contributed by atoms with Gasteiger partial charge in [0.15, 0.2) is 0 Å². The van der Waals surface area contributed by atoms with Crippen molar-refractivity contribution in [1.82, 2.24) is 14.3 Å². The number of hydrogen-bond acceptors (Lipinski definition) is 5. The van der Waals surface area contributed by atoms with Crippen LogP contribution >= 0.6 is 0 Å². The molecule has 1 aliphatic rings. The Morgan fingerprint density at radius 3 is 2.65 bits per heavy atom. The molecule has 0 radical (unpaired) electrons. The van der Waals surface area contributed by atoms with Gasteiger partial charge in [-0.05, 0) is 32.8 Å². The Bertz CT molecular complexity index is 1200. The quantitative estimate of drug-likeness (QED) is 0.527. The van der Waals surface area contributed by atoms with Crippen LogP contribution in [-0.2, 0) is 23.0 Å². The van der Waals surface area contributed by atoms with Gasteiger partial charge in [0.05, 0.1) is 0 Å². The molecule has 0 fully saturated rings. The molecule has 166 valence electrons. The van der Waals surface area contributed by atoms with Crippen LogP contribution in [0.25, 0.3) is 0 Å². The third-order valence-electron chi connectivity index (χ3n) is 4.82. The SMILES string of the molecule is Cc1c(S(=O)(=O)NC(C)C(F)(F)F)c2n(c1C(=O)Nc1cc(F)nc(C#N)c1)CCC2. The van der Waals surface area contributed by atoms with Crippen molar-refractivity contribution in [3.63, 3.8) is 0 Å². The molecule has 3 rings (SSSR count). The zero-order valence-corrected chi connectivity index (χ0v) is 17.2. The third kappa shape index (κ3) is 4.40. The predicted molar refractivity (Wildman–Crippen MR) is 100 cm³/mol. The van der Waals surface area contributed by atoms with E-state index < -0.39 is 34.1 Å². The minimum atomic E-state index is -4.78. The highest BCUT2D eigenvalue weighted by atomic mass is 32.2. The highest BCUT2D eigenvalue weighted by Gasteiger charge is 2.41. The van der Waals surface area contributed by atoms with Gasteiger partial charge < -0.3 is 9.88 Å². The summed E-state index contributed by atoms with van der Waals surface area (Å²) in [6.07, 6.45) is -4.03. The van der Waals surface area contributed by atoms with Crippen LogP contribution in [0.5, 0.6) is 0 Å². The van der Waals surface area contributed by atoms with E-state index in [1.807, 2.05) is 0 Å². The fourth-order valence-corrected chi connectivity index (χ4v) is 5.25. The number of rotatable bonds is 5. The van der Waals surface area contributed by atoms with Gasteiger partial charge in [-0.1, -0.05) is 0 Å². The number of nitrogens with one attached hydrogen (secondary N) is 2. The fourth-order valence-electron chi connectivity index (χ4n) is 3.51. The second-order valence-corrected chi connectivity index (χ2v) is 8.67. The summed E-state index contributed by atoms with van der Waals surface area (Å²) in [4.78, 5) is 15.8. The van der Waals surface area contributed by atoms with Crippen LogP contribution < -0.4 is 10.0 Å². The number of sulfonamides is 1. The molecule has 0 aromatic carbocycles. The van der Waals surface area contributed by atoms with Crippen LogP contribution in [0.3, 0.4) is 0 Å². The standard InChI is InChI=1S/C18H17F4N5O3S/c1-9-15(17(28)25-11-6-12(8-23)24-14(19)7-11)27-5-3-4-13(27)16(9)31(29,30)26-10(2)18(20,21)22/h6-7,10,26H,3-5H2,1-2H3,(H,24,25,28). The van der Waals surface area contributed by atoms with Crippen molar-refractivity contribution in [2.24, 2.45) is 0 Å². The first-order chi connectivity index (χ1) is 14.3. The van der Waals surface area contributed by atoms with Crippen LogP contribution in [0.4, 0.5) is 23.2 Å². The molecule has 2 aromatic rings. The second kappa shape index (κ2) is 7.93. The molecule has 0 saturated carbocycles. The van der Waals surface area contributed by atoms with E-state index in [0.717, 1.165) is 12.1 Å². The molecular formula is C18H17F4N5O3S. The monoisotopic (exact) mass is 459 g/mol. The van der Waals surface area contributed by atoms with E-state index in [4.69, 9.17) is 5.26 Å². The second-order valence-electron chi connectivity index (χ2n) is 7.02. The van der Waals surface area contributed by atoms with E-state index in [1.54, 1.807) is 10.8 Å². The van der Waals surface area contributed by atoms with Gasteiger partial charge in [0.1, 0.15) is 28.4 Å². The summed E-state index contributed by atoms with van der Waals surface area (Å²) < 4.78 is 80.7. The average molecular weight is 459 g/mol. The average Bonchev–Trinajstić information content (AvgIpc) is 3.18. The molecule has 3 heterocycles. The molecule has 2 aromatic heterocycles. The summed E-state index contributed by atoms with van der Waals surface area (Å²) in [6, 6.07) is 1.33. The molecule has 0 spiro atoms. The predicted octanol–water partition coefficient (Wildman–Crippen LogP) is 2.63. The summed E-state index contributed by atoms with van der Waals surface area (Å²) in [6.45, 7) is 2.29. The minimum Gasteiger partial charge on any atom is -0.339 e. The van der Waals surface area contributed by atoms with Gasteiger partial charge in [0.25, 0.3) is 5.91 Å². The highest BCUT2D eigenvalue weighted by Crippen LogP contribution is 2.33. The van der Waals surface area contributed by atoms with Crippen molar-refractivity contribution in [1.29, 1.82) is 5.26 Å². The number of nitrogens with zero attached hydrogens (tertiary/aromatic N) is 3. The molecule has 8 nitrogen and oxygen atoms in total. The Labute approximate surface area is 174 Å². The molecule has 31 heavy (non-hydrogen) atoms. The molecule has 1 aliphatic heterocycles. The number of anilines is 1. The summed E-state index contributed by atoms with van der Waals surface area (Å²) in [5, 5.41) is 11.3. The van der Waals surface area contributed by atoms with Crippen molar-refractivity contribution in [3.05, 3.63) is 40.7 Å². The first-order valence-corrected chi connectivity index (χ1v) is 10.5. The lowest BCUT2D eigenvalue weighted by Gasteiger charge is -2.17. The van der Waals surface area contributed by atoms with Crippen molar-refractivity contribution >= 4 is 21.6 Å². The lowest BCUT2D eigenvalue weighted by molar-refractivity contribution is -0.147. The first-order valence-electron chi connectivity index (χ1n) is 9.05. The summed E-state index contributed by atoms with van der Waals surface area (Å²) in [5.41, 5.74) is -0.216. The van der Waals surface area contributed by atoms with Gasteiger partial charge in [0, 0.05) is 29.6 Å². The normalized spacial score (nSPS) is 14.7. The third-order valence-corrected chi connectivity index (χ3v) is 6.57. The number of pyridine rings is 1. The Morgan fingerprint density at radius 1 is 1.35 bits per heavy atom. The van der Waals surface area contributed by atoms with E-state index in [9.17, 15) is 30.8 Å². The van der Waals surface area contributed by atoms with Crippen molar-refractivity contribution in [3.8, 4) is 6.07 Å². The maximum atomic E-state index is 13.5. The molecule has 0 bridgehead atoms. The number of amides is 1. The van der Waals surface area contributed by atoms with Gasteiger partial charge in [-0.15, -0.1) is 0 Å². The molecule has 1 amide bonds. The van der Waals surface area contributed by atoms with Crippen molar-refractivity contribution < 1.29 is 30.8 Å². The largest absolute Gasteiger partial charge is 0.404 e. The van der Waals surface area contributed by atoms with Crippen LogP contribution in [0.1, 0.15) is 40.8 Å². The number of hydrogen-bond donors (Lipinski definition) is 2. The molecular weight excluding hydrogens is 442 g/mol. The van der Waals surface area contributed by atoms with Gasteiger partial charge in [0.2, 0.25) is 16.0 Å². The number of nitriles is 1. The Hall–Kier alpha value is -2.98. The highest BCUT2D eigenvalue weighted by molar-refractivity contribution is 7.89. The Morgan fingerprint density at radius 2 is 2.03 bits per heavy atom. The molecule has 1 unspecified atom stereocenters. The number of carbonyl (C=O) groups excluding carboxylic acids is 1. The maximum Gasteiger partial charge on any atom is 0.404 e. The van der Waals surface area contributed by atoms with Gasteiger partial charge in [-0.3, -0.25) is 4.79 Å². The van der Waals surface area contributed by atoms with E-state index in [-0.39, 0.29) is 46.2 Å². The summed E-state index contributed by atoms with van der Waals surface area (Å²) in [7, 11) is -4.59. The minimum absolute atomic E-state index is 0.0240. The number of aromatic nitrogens is 2. The van der Waals surface area contributed by atoms with Crippen LogP contribution in [0.2, 0.25) is 0 Å². The van der Waals surface area contributed by atoms with Crippen LogP contribution in [0.15, 0.2) is 17.0 Å².